The Bertz CT molecular complexity index is 531. The molecule has 0 aromatic carbocycles. The van der Waals surface area contributed by atoms with Gasteiger partial charge in [0.15, 0.2) is 0 Å². The highest BCUT2D eigenvalue weighted by Gasteiger charge is 2.21. The second-order valence-corrected chi connectivity index (χ2v) is 8.58. The number of sulfonamides is 1. The van der Waals surface area contributed by atoms with Gasteiger partial charge in [0.1, 0.15) is 0 Å². The molecule has 0 radical (unpaired) electrons. The first-order chi connectivity index (χ1) is 9.53. The van der Waals surface area contributed by atoms with E-state index in [2.05, 4.69) is 10.0 Å². The average Bonchev–Trinajstić information content (AvgIpc) is 2.99. The molecule has 1 saturated carbocycles. The third-order valence-electron chi connectivity index (χ3n) is 3.88. The van der Waals surface area contributed by atoms with Gasteiger partial charge in [0, 0.05) is 22.8 Å². The van der Waals surface area contributed by atoms with Gasteiger partial charge in [-0.25, -0.2) is 13.1 Å². The molecule has 0 amide bonds. The normalized spacial score (nSPS) is 16.9. The Balaban J connectivity index is 1.94. The summed E-state index contributed by atoms with van der Waals surface area (Å²) in [4.78, 5) is 2.36. The second-order valence-electron chi connectivity index (χ2n) is 5.50. The van der Waals surface area contributed by atoms with Crippen molar-refractivity contribution >= 4 is 21.4 Å². The van der Waals surface area contributed by atoms with Crippen molar-refractivity contribution in [3.05, 3.63) is 15.8 Å². The molecule has 2 N–H and O–H groups in total. The van der Waals surface area contributed by atoms with Crippen molar-refractivity contribution in [3.8, 4) is 0 Å². The Morgan fingerprint density at radius 1 is 1.35 bits per heavy atom. The van der Waals surface area contributed by atoms with Gasteiger partial charge >= 0.3 is 0 Å². The molecule has 4 nitrogen and oxygen atoms in total. The third kappa shape index (κ3) is 4.04. The largest absolute Gasteiger partial charge is 0.315 e. The highest BCUT2D eigenvalue weighted by Crippen LogP contribution is 2.28. The predicted molar refractivity (Wildman–Crippen MR) is 83.6 cm³/mol. The SMILES string of the molecule is CNCc1cc(S(=O)(=O)NCCC2CCCC2)c(C)s1. The van der Waals surface area contributed by atoms with Crippen LogP contribution in [0.2, 0.25) is 0 Å². The Kier molecular flexibility index (Phi) is 5.60. The van der Waals surface area contributed by atoms with E-state index in [1.165, 1.54) is 25.7 Å². The van der Waals surface area contributed by atoms with Gasteiger partial charge in [-0.05, 0) is 32.4 Å². The van der Waals surface area contributed by atoms with Crippen LogP contribution < -0.4 is 10.0 Å². The molecule has 1 aliphatic rings. The summed E-state index contributed by atoms with van der Waals surface area (Å²) < 4.78 is 27.4. The van der Waals surface area contributed by atoms with E-state index < -0.39 is 10.0 Å². The molecule has 0 atom stereocenters. The fraction of sp³-hybridized carbons (Fsp3) is 0.714. The molecule has 0 spiro atoms. The third-order valence-corrected chi connectivity index (χ3v) is 6.65. The van der Waals surface area contributed by atoms with Crippen LogP contribution in [0.1, 0.15) is 41.9 Å². The summed E-state index contributed by atoms with van der Waals surface area (Å²) in [6.45, 7) is 3.14. The molecule has 1 heterocycles. The Morgan fingerprint density at radius 3 is 2.70 bits per heavy atom. The van der Waals surface area contributed by atoms with Gasteiger partial charge in [-0.15, -0.1) is 11.3 Å². The van der Waals surface area contributed by atoms with E-state index in [4.69, 9.17) is 0 Å². The zero-order chi connectivity index (χ0) is 14.6. The molecule has 1 fully saturated rings. The van der Waals surface area contributed by atoms with E-state index in [0.717, 1.165) is 16.2 Å². The first-order valence-corrected chi connectivity index (χ1v) is 9.56. The number of hydrogen-bond acceptors (Lipinski definition) is 4. The number of hydrogen-bond donors (Lipinski definition) is 2. The summed E-state index contributed by atoms with van der Waals surface area (Å²) in [5.74, 6) is 0.709. The fourth-order valence-electron chi connectivity index (χ4n) is 2.83. The predicted octanol–water partition coefficient (Wildman–Crippen LogP) is 2.63. The van der Waals surface area contributed by atoms with Crippen LogP contribution >= 0.6 is 11.3 Å². The lowest BCUT2D eigenvalue weighted by molar-refractivity contribution is 0.495. The minimum Gasteiger partial charge on any atom is -0.315 e. The molecule has 1 aromatic rings. The van der Waals surface area contributed by atoms with E-state index in [0.29, 0.717) is 23.9 Å². The second kappa shape index (κ2) is 7.02. The van der Waals surface area contributed by atoms with Crippen molar-refractivity contribution in [3.63, 3.8) is 0 Å². The Labute approximate surface area is 126 Å². The van der Waals surface area contributed by atoms with E-state index in [1.807, 2.05) is 14.0 Å². The number of aryl methyl sites for hydroxylation is 1. The van der Waals surface area contributed by atoms with Gasteiger partial charge in [0.25, 0.3) is 0 Å². The molecular weight excluding hydrogens is 292 g/mol. The van der Waals surface area contributed by atoms with Gasteiger partial charge in [-0.1, -0.05) is 25.7 Å². The maximum absolute atomic E-state index is 12.3. The van der Waals surface area contributed by atoms with Crippen molar-refractivity contribution in [2.45, 2.75) is 50.5 Å². The maximum atomic E-state index is 12.3. The van der Waals surface area contributed by atoms with Crippen LogP contribution in [0.15, 0.2) is 11.0 Å². The van der Waals surface area contributed by atoms with Crippen LogP contribution in [0.3, 0.4) is 0 Å². The minimum absolute atomic E-state index is 0.444. The lowest BCUT2D eigenvalue weighted by Crippen LogP contribution is -2.26. The van der Waals surface area contributed by atoms with Crippen LogP contribution in [0.25, 0.3) is 0 Å². The van der Waals surface area contributed by atoms with E-state index in [-0.39, 0.29) is 0 Å². The zero-order valence-electron chi connectivity index (χ0n) is 12.2. The first-order valence-electron chi connectivity index (χ1n) is 7.26. The summed E-state index contributed by atoms with van der Waals surface area (Å²) in [5, 5.41) is 3.05. The van der Waals surface area contributed by atoms with Crippen LogP contribution in [0, 0.1) is 12.8 Å². The van der Waals surface area contributed by atoms with E-state index in [1.54, 1.807) is 17.4 Å². The van der Waals surface area contributed by atoms with Gasteiger partial charge in [-0.3, -0.25) is 0 Å². The van der Waals surface area contributed by atoms with E-state index >= 15 is 0 Å². The molecule has 6 heteroatoms. The average molecular weight is 316 g/mol. The first kappa shape index (κ1) is 15.9. The van der Waals surface area contributed by atoms with Crippen LogP contribution in [0.5, 0.6) is 0 Å². The van der Waals surface area contributed by atoms with Crippen molar-refractivity contribution < 1.29 is 8.42 Å². The highest BCUT2D eigenvalue weighted by molar-refractivity contribution is 7.89. The number of nitrogens with one attached hydrogen (secondary N) is 2. The lowest BCUT2D eigenvalue weighted by Gasteiger charge is -2.10. The maximum Gasteiger partial charge on any atom is 0.241 e. The minimum atomic E-state index is -3.35. The number of rotatable bonds is 7. The topological polar surface area (TPSA) is 58.2 Å². The summed E-state index contributed by atoms with van der Waals surface area (Å²) in [6, 6.07) is 1.79. The summed E-state index contributed by atoms with van der Waals surface area (Å²) in [5.41, 5.74) is 0. The zero-order valence-corrected chi connectivity index (χ0v) is 13.9. The molecule has 114 valence electrons. The molecule has 0 saturated heterocycles. The van der Waals surface area contributed by atoms with Crippen LogP contribution in [0.4, 0.5) is 0 Å². The van der Waals surface area contributed by atoms with E-state index in [9.17, 15) is 8.42 Å². The van der Waals surface area contributed by atoms with Crippen molar-refractivity contribution in [2.24, 2.45) is 5.92 Å². The summed E-state index contributed by atoms with van der Waals surface area (Å²) in [6.07, 6.45) is 6.08. The molecule has 1 aromatic heterocycles. The van der Waals surface area contributed by atoms with Gasteiger partial charge in [-0.2, -0.15) is 0 Å². The van der Waals surface area contributed by atoms with Gasteiger partial charge in [0.2, 0.25) is 10.0 Å². The Morgan fingerprint density at radius 2 is 2.05 bits per heavy atom. The molecule has 0 aliphatic heterocycles. The summed E-state index contributed by atoms with van der Waals surface area (Å²) >= 11 is 1.54. The monoisotopic (exact) mass is 316 g/mol. The van der Waals surface area contributed by atoms with Crippen LogP contribution in [-0.2, 0) is 16.6 Å². The van der Waals surface area contributed by atoms with Gasteiger partial charge in [0.05, 0.1) is 4.90 Å². The Hall–Kier alpha value is -0.430. The molecule has 2 rings (SSSR count). The number of thiophene rings is 1. The molecule has 0 unspecified atom stereocenters. The fourth-order valence-corrected chi connectivity index (χ4v) is 5.52. The van der Waals surface area contributed by atoms with Crippen LogP contribution in [-0.4, -0.2) is 22.0 Å². The smallest absolute Gasteiger partial charge is 0.241 e. The highest BCUT2D eigenvalue weighted by atomic mass is 32.2. The van der Waals surface area contributed by atoms with Gasteiger partial charge < -0.3 is 5.32 Å². The molecule has 1 aliphatic carbocycles. The molecule has 20 heavy (non-hydrogen) atoms. The molecular formula is C14H24N2O2S2. The van der Waals surface area contributed by atoms with Crippen molar-refractivity contribution in [1.82, 2.24) is 10.0 Å². The van der Waals surface area contributed by atoms with Crippen molar-refractivity contribution in [2.75, 3.05) is 13.6 Å². The van der Waals surface area contributed by atoms with Crippen molar-refractivity contribution in [1.29, 1.82) is 0 Å². The standard InChI is InChI=1S/C14H24N2O2S2/c1-11-14(9-13(19-11)10-15-2)20(17,18)16-8-7-12-5-3-4-6-12/h9,12,15-16H,3-8,10H2,1-2H3. The lowest BCUT2D eigenvalue weighted by atomic mass is 10.1. The summed E-state index contributed by atoms with van der Waals surface area (Å²) in [7, 11) is -1.48. The molecule has 0 bridgehead atoms. The quantitative estimate of drug-likeness (QED) is 0.813.